The van der Waals surface area contributed by atoms with Crippen LogP contribution in [0.5, 0.6) is 0 Å². The molecule has 0 saturated heterocycles. The Kier molecular flexibility index (Phi) is 2.92. The summed E-state index contributed by atoms with van der Waals surface area (Å²) in [5.41, 5.74) is 1.36. The van der Waals surface area contributed by atoms with Crippen LogP contribution in [0.2, 0.25) is 0 Å². The minimum absolute atomic E-state index is 0.269. The molecular formula is C16H26N4. The Labute approximate surface area is 121 Å². The maximum absolute atomic E-state index is 4.82. The summed E-state index contributed by atoms with van der Waals surface area (Å²) in [5, 5.41) is 12.9. The number of nitrogens with zero attached hydrogens (tertiary/aromatic N) is 3. The van der Waals surface area contributed by atoms with E-state index in [1.165, 1.54) is 38.5 Å². The van der Waals surface area contributed by atoms with Crippen LogP contribution in [0.25, 0.3) is 0 Å². The van der Waals surface area contributed by atoms with Crippen LogP contribution in [0.15, 0.2) is 6.20 Å². The highest BCUT2D eigenvalue weighted by Crippen LogP contribution is 2.58. The first-order valence-corrected chi connectivity index (χ1v) is 8.28. The molecule has 5 rings (SSSR count). The van der Waals surface area contributed by atoms with E-state index in [1.54, 1.807) is 0 Å². The molecule has 4 fully saturated rings. The highest BCUT2D eigenvalue weighted by atomic mass is 15.5. The quantitative estimate of drug-likeness (QED) is 0.918. The van der Waals surface area contributed by atoms with E-state index in [0.717, 1.165) is 30.0 Å². The molecule has 20 heavy (non-hydrogen) atoms. The highest BCUT2D eigenvalue weighted by Gasteiger charge is 2.53. The predicted molar refractivity (Wildman–Crippen MR) is 78.1 cm³/mol. The summed E-state index contributed by atoms with van der Waals surface area (Å²) in [4.78, 5) is 2.11. The van der Waals surface area contributed by atoms with Crippen LogP contribution in [0.4, 0.5) is 0 Å². The van der Waals surface area contributed by atoms with Gasteiger partial charge in [0.15, 0.2) is 0 Å². The molecule has 0 radical (unpaired) electrons. The number of nitrogens with one attached hydrogen (secondary N) is 1. The Bertz CT molecular complexity index is 455. The Morgan fingerprint density at radius 1 is 1.20 bits per heavy atom. The van der Waals surface area contributed by atoms with Crippen LogP contribution in [-0.4, -0.2) is 21.0 Å². The topological polar surface area (TPSA) is 42.7 Å². The van der Waals surface area contributed by atoms with E-state index in [1.807, 2.05) is 6.20 Å². The first-order valence-electron chi connectivity index (χ1n) is 8.28. The van der Waals surface area contributed by atoms with Gasteiger partial charge in [-0.1, -0.05) is 13.8 Å². The molecule has 4 saturated carbocycles. The minimum Gasteiger partial charge on any atom is -0.309 e. The third-order valence-electron chi connectivity index (χ3n) is 5.66. The zero-order valence-electron chi connectivity index (χ0n) is 12.7. The lowest BCUT2D eigenvalue weighted by Gasteiger charge is -2.55. The highest BCUT2D eigenvalue weighted by molar-refractivity contribution is 5.04. The summed E-state index contributed by atoms with van der Waals surface area (Å²) in [7, 11) is 0. The van der Waals surface area contributed by atoms with E-state index in [0.29, 0.717) is 6.04 Å². The van der Waals surface area contributed by atoms with Crippen molar-refractivity contribution in [3.8, 4) is 0 Å². The van der Waals surface area contributed by atoms with Crippen LogP contribution < -0.4 is 5.32 Å². The number of hydrogen-bond acceptors (Lipinski definition) is 3. The Hall–Kier alpha value is -0.900. The summed E-state index contributed by atoms with van der Waals surface area (Å²) in [5.74, 6) is 2.85. The third-order valence-corrected chi connectivity index (χ3v) is 5.66. The second-order valence-electron chi connectivity index (χ2n) is 7.80. The molecule has 4 aliphatic rings. The van der Waals surface area contributed by atoms with Gasteiger partial charge in [-0.25, -0.2) is 0 Å². The Balaban J connectivity index is 1.55. The molecule has 0 unspecified atom stereocenters. The van der Waals surface area contributed by atoms with Gasteiger partial charge in [0, 0.05) is 12.6 Å². The van der Waals surface area contributed by atoms with Gasteiger partial charge in [0.25, 0.3) is 0 Å². The SMILES string of the molecule is CC(C)NCc1cnn(C23CC4CC(CC(C4)C2)C3)n1. The lowest BCUT2D eigenvalue weighted by molar-refractivity contribution is -0.0568. The third kappa shape index (κ3) is 2.09. The van der Waals surface area contributed by atoms with E-state index in [2.05, 4.69) is 29.1 Å². The molecule has 4 bridgehead atoms. The second kappa shape index (κ2) is 4.55. The monoisotopic (exact) mass is 274 g/mol. The van der Waals surface area contributed by atoms with E-state index >= 15 is 0 Å². The average Bonchev–Trinajstić information content (AvgIpc) is 2.84. The molecule has 1 aromatic heterocycles. The zero-order valence-corrected chi connectivity index (χ0v) is 12.7. The normalized spacial score (nSPS) is 38.9. The van der Waals surface area contributed by atoms with Crippen LogP contribution in [0, 0.1) is 17.8 Å². The summed E-state index contributed by atoms with van der Waals surface area (Å²) in [6, 6.07) is 0.500. The fraction of sp³-hybridized carbons (Fsp3) is 0.875. The van der Waals surface area contributed by atoms with Crippen molar-refractivity contribution >= 4 is 0 Å². The Morgan fingerprint density at radius 2 is 1.80 bits per heavy atom. The molecule has 0 aromatic carbocycles. The van der Waals surface area contributed by atoms with Crippen molar-refractivity contribution in [2.45, 2.75) is 70.5 Å². The predicted octanol–water partition coefficient (Wildman–Crippen LogP) is 2.70. The zero-order chi connectivity index (χ0) is 13.7. The second-order valence-corrected chi connectivity index (χ2v) is 7.80. The van der Waals surface area contributed by atoms with Gasteiger partial charge < -0.3 is 5.32 Å². The summed E-state index contributed by atoms with van der Waals surface area (Å²) in [6.45, 7) is 5.18. The van der Waals surface area contributed by atoms with Crippen molar-refractivity contribution in [3.63, 3.8) is 0 Å². The molecule has 1 aromatic rings. The van der Waals surface area contributed by atoms with Gasteiger partial charge in [0.1, 0.15) is 0 Å². The number of hydrogen-bond donors (Lipinski definition) is 1. The first kappa shape index (κ1) is 12.8. The van der Waals surface area contributed by atoms with Gasteiger partial charge in [-0.15, -0.1) is 0 Å². The van der Waals surface area contributed by atoms with Crippen molar-refractivity contribution in [2.24, 2.45) is 17.8 Å². The number of rotatable bonds is 4. The minimum atomic E-state index is 0.269. The maximum atomic E-state index is 4.82. The largest absolute Gasteiger partial charge is 0.309 e. The van der Waals surface area contributed by atoms with E-state index in [9.17, 15) is 0 Å². The standard InChI is InChI=1S/C16H26N4/c1-11(2)17-9-15-10-18-20(19-15)16-6-12-3-13(7-16)5-14(4-12)8-16/h10-14,17H,3-9H2,1-2H3. The van der Waals surface area contributed by atoms with Gasteiger partial charge in [0.2, 0.25) is 0 Å². The van der Waals surface area contributed by atoms with E-state index < -0.39 is 0 Å². The molecule has 0 atom stereocenters. The lowest BCUT2D eigenvalue weighted by Crippen LogP contribution is -2.52. The van der Waals surface area contributed by atoms with Crippen molar-refractivity contribution in [1.82, 2.24) is 20.3 Å². The fourth-order valence-corrected chi connectivity index (χ4v) is 5.22. The molecule has 4 nitrogen and oxygen atoms in total. The van der Waals surface area contributed by atoms with Gasteiger partial charge in [-0.3, -0.25) is 0 Å². The van der Waals surface area contributed by atoms with Crippen LogP contribution in [0.3, 0.4) is 0 Å². The van der Waals surface area contributed by atoms with E-state index in [4.69, 9.17) is 5.10 Å². The van der Waals surface area contributed by atoms with Crippen molar-refractivity contribution in [3.05, 3.63) is 11.9 Å². The molecular weight excluding hydrogens is 248 g/mol. The van der Waals surface area contributed by atoms with E-state index in [-0.39, 0.29) is 5.54 Å². The van der Waals surface area contributed by atoms with Crippen LogP contribution in [-0.2, 0) is 12.1 Å². The Morgan fingerprint density at radius 3 is 2.35 bits per heavy atom. The van der Waals surface area contributed by atoms with Gasteiger partial charge in [0.05, 0.1) is 17.4 Å². The summed E-state index contributed by atoms with van der Waals surface area (Å²) < 4.78 is 0. The molecule has 110 valence electrons. The molecule has 0 amide bonds. The fourth-order valence-electron chi connectivity index (χ4n) is 5.22. The first-order chi connectivity index (χ1) is 9.63. The molecule has 0 spiro atoms. The molecule has 0 aliphatic heterocycles. The molecule has 4 aliphatic carbocycles. The van der Waals surface area contributed by atoms with Crippen LogP contribution in [0.1, 0.15) is 58.1 Å². The van der Waals surface area contributed by atoms with Gasteiger partial charge in [-0.2, -0.15) is 15.0 Å². The van der Waals surface area contributed by atoms with Crippen LogP contribution >= 0.6 is 0 Å². The molecule has 1 N–H and O–H groups in total. The van der Waals surface area contributed by atoms with Crippen molar-refractivity contribution < 1.29 is 0 Å². The molecule has 1 heterocycles. The molecule has 4 heteroatoms. The average molecular weight is 274 g/mol. The lowest BCUT2D eigenvalue weighted by atomic mass is 9.53. The van der Waals surface area contributed by atoms with Crippen molar-refractivity contribution in [1.29, 1.82) is 0 Å². The summed E-state index contributed by atoms with van der Waals surface area (Å²) in [6.07, 6.45) is 10.4. The smallest absolute Gasteiger partial charge is 0.0965 e. The van der Waals surface area contributed by atoms with Gasteiger partial charge in [-0.05, 0) is 56.3 Å². The van der Waals surface area contributed by atoms with Crippen molar-refractivity contribution in [2.75, 3.05) is 0 Å². The van der Waals surface area contributed by atoms with Gasteiger partial charge >= 0.3 is 0 Å². The number of aromatic nitrogens is 3. The summed E-state index contributed by atoms with van der Waals surface area (Å²) >= 11 is 0. The maximum Gasteiger partial charge on any atom is 0.0965 e.